The van der Waals surface area contributed by atoms with Crippen molar-refractivity contribution in [1.82, 2.24) is 0 Å². The van der Waals surface area contributed by atoms with Crippen molar-refractivity contribution >= 4 is 37.6 Å². The van der Waals surface area contributed by atoms with Crippen LogP contribution < -0.4 is 0 Å². The van der Waals surface area contributed by atoms with Gasteiger partial charge in [-0.2, -0.15) is 0 Å². The van der Waals surface area contributed by atoms with Crippen LogP contribution in [0.15, 0.2) is 16.6 Å². The average molecular weight is 428 g/mol. The number of fused-ring (bicyclic) bond motifs is 5. The topological polar surface area (TPSA) is 37.3 Å². The van der Waals surface area contributed by atoms with E-state index in [0.29, 0.717) is 29.3 Å². The van der Waals surface area contributed by atoms with Gasteiger partial charge in [-0.15, -0.1) is 0 Å². The van der Waals surface area contributed by atoms with Crippen molar-refractivity contribution in [2.24, 2.45) is 17.3 Å². The van der Waals surface area contributed by atoms with E-state index >= 15 is 0 Å². The summed E-state index contributed by atoms with van der Waals surface area (Å²) >= 11 is 7.17. The minimum Gasteiger partial charge on any atom is -0.507 e. The van der Waals surface area contributed by atoms with Crippen LogP contribution in [0, 0.1) is 17.3 Å². The molecule has 0 heterocycles. The number of hydrogen-bond acceptors (Lipinski definition) is 2. The number of phenols is 1. The van der Waals surface area contributed by atoms with Crippen LogP contribution in [-0.2, 0) is 11.2 Å². The molecule has 0 spiro atoms. The van der Waals surface area contributed by atoms with Crippen molar-refractivity contribution in [1.29, 1.82) is 0 Å². The summed E-state index contributed by atoms with van der Waals surface area (Å²) in [5.74, 6) is 2.42. The van der Waals surface area contributed by atoms with E-state index in [1.807, 2.05) is 6.07 Å². The van der Waals surface area contributed by atoms with Crippen molar-refractivity contribution < 1.29 is 9.90 Å². The molecule has 3 aliphatic rings. The first kappa shape index (κ1) is 15.2. The molecule has 0 radical (unpaired) electrons. The van der Waals surface area contributed by atoms with E-state index in [0.717, 1.165) is 36.6 Å². The molecule has 4 rings (SSSR count). The summed E-state index contributed by atoms with van der Waals surface area (Å²) in [4.78, 5) is 12.6. The van der Waals surface area contributed by atoms with Crippen molar-refractivity contribution in [3.63, 3.8) is 0 Å². The number of alkyl halides is 1. The standard InChI is InChI=1S/C18H20Br2O2/c1-18-7-6-10-9-4-5-15(21)16(20)12(9)3-2-11(10)13(18)8-14(19)17(18)22/h4-5,10-11,13-14,21H,2-3,6-8H2,1H3. The zero-order valence-corrected chi connectivity index (χ0v) is 15.8. The third-order valence-corrected chi connectivity index (χ3v) is 8.20. The molecule has 1 aromatic carbocycles. The number of benzene rings is 1. The van der Waals surface area contributed by atoms with Gasteiger partial charge in [0.1, 0.15) is 5.75 Å². The third kappa shape index (κ3) is 1.92. The highest BCUT2D eigenvalue weighted by molar-refractivity contribution is 9.10. The molecule has 0 bridgehead atoms. The van der Waals surface area contributed by atoms with Crippen LogP contribution in [0.1, 0.15) is 49.7 Å². The minimum atomic E-state index is -0.124. The maximum atomic E-state index is 12.6. The molecule has 0 amide bonds. The van der Waals surface area contributed by atoms with Gasteiger partial charge in [0.2, 0.25) is 0 Å². The van der Waals surface area contributed by atoms with Gasteiger partial charge in [-0.3, -0.25) is 4.79 Å². The quantitative estimate of drug-likeness (QED) is 0.594. The summed E-state index contributed by atoms with van der Waals surface area (Å²) in [6.45, 7) is 2.19. The maximum absolute atomic E-state index is 12.6. The number of carbonyl (C=O) groups is 1. The molecule has 22 heavy (non-hydrogen) atoms. The summed E-state index contributed by atoms with van der Waals surface area (Å²) in [7, 11) is 0. The number of rotatable bonds is 0. The molecule has 1 aromatic rings. The molecule has 2 saturated carbocycles. The van der Waals surface area contributed by atoms with E-state index in [-0.39, 0.29) is 10.2 Å². The first-order valence-corrected chi connectivity index (χ1v) is 9.83. The summed E-state index contributed by atoms with van der Waals surface area (Å²) in [6, 6.07) is 3.92. The van der Waals surface area contributed by atoms with E-state index in [2.05, 4.69) is 44.8 Å². The van der Waals surface area contributed by atoms with Gasteiger partial charge >= 0.3 is 0 Å². The Morgan fingerprint density at radius 2 is 2.09 bits per heavy atom. The second kappa shape index (κ2) is 5.07. The first-order valence-electron chi connectivity index (χ1n) is 8.12. The van der Waals surface area contributed by atoms with Crippen molar-refractivity contribution in [2.45, 2.75) is 49.8 Å². The predicted octanol–water partition coefficient (Wildman–Crippen LogP) is 4.95. The molecule has 1 N–H and O–H groups in total. The van der Waals surface area contributed by atoms with Gasteiger partial charge in [0.25, 0.3) is 0 Å². The Bertz CT molecular complexity index is 657. The van der Waals surface area contributed by atoms with Gasteiger partial charge in [-0.25, -0.2) is 0 Å². The minimum absolute atomic E-state index is 0.0502. The van der Waals surface area contributed by atoms with Crippen LogP contribution >= 0.6 is 31.9 Å². The molecule has 2 fully saturated rings. The third-order valence-electron chi connectivity index (χ3n) is 6.52. The van der Waals surface area contributed by atoms with Gasteiger partial charge < -0.3 is 5.11 Å². The molecule has 2 nitrogen and oxygen atoms in total. The van der Waals surface area contributed by atoms with Gasteiger partial charge in [-0.1, -0.05) is 28.9 Å². The van der Waals surface area contributed by atoms with Crippen LogP contribution in [-0.4, -0.2) is 15.7 Å². The molecule has 5 atom stereocenters. The van der Waals surface area contributed by atoms with Gasteiger partial charge in [-0.05, 0) is 83.0 Å². The molecule has 0 aliphatic heterocycles. The molecule has 4 heteroatoms. The number of carbonyl (C=O) groups excluding carboxylic acids is 1. The molecule has 3 aliphatic carbocycles. The fourth-order valence-electron chi connectivity index (χ4n) is 5.36. The normalized spacial score (nSPS) is 40.0. The van der Waals surface area contributed by atoms with E-state index in [9.17, 15) is 9.90 Å². The summed E-state index contributed by atoms with van der Waals surface area (Å²) in [6.07, 6.45) is 5.21. The number of halogens is 2. The number of phenolic OH excluding ortho intramolecular Hbond substituents is 1. The first-order chi connectivity index (χ1) is 10.4. The lowest BCUT2D eigenvalue weighted by atomic mass is 9.55. The molecular formula is C18H20Br2O2. The molecule has 0 saturated heterocycles. The lowest BCUT2D eigenvalue weighted by Crippen LogP contribution is -2.42. The van der Waals surface area contributed by atoms with Gasteiger partial charge in [0.05, 0.1) is 9.30 Å². The van der Waals surface area contributed by atoms with Gasteiger partial charge in [0.15, 0.2) is 5.78 Å². The lowest BCUT2D eigenvalue weighted by molar-refractivity contribution is -0.128. The van der Waals surface area contributed by atoms with Crippen LogP contribution in [0.25, 0.3) is 0 Å². The predicted molar refractivity (Wildman–Crippen MR) is 93.5 cm³/mol. The van der Waals surface area contributed by atoms with E-state index in [1.165, 1.54) is 11.1 Å². The maximum Gasteiger partial charge on any atom is 0.152 e. The average Bonchev–Trinajstić information content (AvgIpc) is 2.74. The number of aromatic hydroxyl groups is 1. The van der Waals surface area contributed by atoms with Crippen molar-refractivity contribution in [3.8, 4) is 5.75 Å². The number of Topliss-reactive ketones (excluding diaryl/α,β-unsaturated/α-hetero) is 1. The number of ketones is 1. The largest absolute Gasteiger partial charge is 0.507 e. The highest BCUT2D eigenvalue weighted by Crippen LogP contribution is 2.61. The Labute approximate surface area is 147 Å². The molecule has 5 unspecified atom stereocenters. The molecule has 0 aromatic heterocycles. The Hall–Kier alpha value is -0.350. The Morgan fingerprint density at radius 3 is 2.86 bits per heavy atom. The lowest BCUT2D eigenvalue weighted by Gasteiger charge is -2.48. The van der Waals surface area contributed by atoms with Crippen molar-refractivity contribution in [3.05, 3.63) is 27.7 Å². The van der Waals surface area contributed by atoms with Crippen LogP contribution in [0.5, 0.6) is 5.75 Å². The monoisotopic (exact) mass is 426 g/mol. The number of hydrogen-bond donors (Lipinski definition) is 1. The van der Waals surface area contributed by atoms with Crippen LogP contribution in [0.4, 0.5) is 0 Å². The zero-order chi connectivity index (χ0) is 15.6. The second-order valence-corrected chi connectivity index (χ2v) is 9.30. The van der Waals surface area contributed by atoms with Gasteiger partial charge in [0, 0.05) is 5.41 Å². The highest BCUT2D eigenvalue weighted by atomic mass is 79.9. The van der Waals surface area contributed by atoms with E-state index in [1.54, 1.807) is 0 Å². The second-order valence-electron chi connectivity index (χ2n) is 7.41. The van der Waals surface area contributed by atoms with E-state index in [4.69, 9.17) is 0 Å². The van der Waals surface area contributed by atoms with Crippen molar-refractivity contribution in [2.75, 3.05) is 0 Å². The smallest absolute Gasteiger partial charge is 0.152 e. The molecule has 118 valence electrons. The molecular weight excluding hydrogens is 408 g/mol. The van der Waals surface area contributed by atoms with E-state index < -0.39 is 0 Å². The van der Waals surface area contributed by atoms with Crippen LogP contribution in [0.2, 0.25) is 0 Å². The Morgan fingerprint density at radius 1 is 1.32 bits per heavy atom. The Balaban J connectivity index is 1.75. The highest BCUT2D eigenvalue weighted by Gasteiger charge is 2.57. The fourth-order valence-corrected chi connectivity index (χ4v) is 6.85. The van der Waals surface area contributed by atoms with Crippen LogP contribution in [0.3, 0.4) is 0 Å². The summed E-state index contributed by atoms with van der Waals surface area (Å²) < 4.78 is 0.873. The Kier molecular flexibility index (Phi) is 3.50. The SMILES string of the molecule is CC12CCC3c4ccc(O)c(Br)c4CCC3C1CC(Br)C2=O. The summed E-state index contributed by atoms with van der Waals surface area (Å²) in [5, 5.41) is 9.93. The fraction of sp³-hybridized carbons (Fsp3) is 0.611. The zero-order valence-electron chi connectivity index (χ0n) is 12.6. The summed E-state index contributed by atoms with van der Waals surface area (Å²) in [5.41, 5.74) is 2.55.